The van der Waals surface area contributed by atoms with Crippen molar-refractivity contribution in [1.82, 2.24) is 9.88 Å². The number of aromatic nitrogens is 1. The monoisotopic (exact) mass is 304 g/mol. The van der Waals surface area contributed by atoms with Gasteiger partial charge >= 0.3 is 0 Å². The molecule has 1 saturated heterocycles. The minimum absolute atomic E-state index is 0.352. The van der Waals surface area contributed by atoms with Gasteiger partial charge in [-0.3, -0.25) is 9.88 Å². The lowest BCUT2D eigenvalue weighted by molar-refractivity contribution is -0.00254. The fourth-order valence-corrected chi connectivity index (χ4v) is 3.18. The molecule has 1 aliphatic rings. The lowest BCUT2D eigenvalue weighted by Gasteiger charge is -2.27. The summed E-state index contributed by atoms with van der Waals surface area (Å²) in [6.07, 6.45) is 5.80. The molecular weight excluding hydrogens is 284 g/mol. The van der Waals surface area contributed by atoms with Gasteiger partial charge in [0.1, 0.15) is 0 Å². The van der Waals surface area contributed by atoms with Crippen molar-refractivity contribution in [2.24, 2.45) is 0 Å². The Labute approximate surface area is 130 Å². The first-order chi connectivity index (χ1) is 10.2. The zero-order valence-corrected chi connectivity index (χ0v) is 13.1. The number of benzene rings is 1. The fraction of sp³-hybridized carbons (Fsp3) is 0.471. The Hall–Kier alpha value is -1.16. The number of hydrogen-bond donors (Lipinski definition) is 0. The van der Waals surface area contributed by atoms with Crippen molar-refractivity contribution in [3.05, 3.63) is 41.0 Å². The van der Waals surface area contributed by atoms with Crippen LogP contribution in [0.4, 0.5) is 0 Å². The third-order valence-electron chi connectivity index (χ3n) is 4.04. The first-order valence-corrected chi connectivity index (χ1v) is 7.94. The number of likely N-dealkylation sites (N-methyl/N-ethyl adjacent to an activating group) is 1. The second-order valence-electron chi connectivity index (χ2n) is 5.79. The summed E-state index contributed by atoms with van der Waals surface area (Å²) in [7, 11) is 2.12. The van der Waals surface area contributed by atoms with Crippen LogP contribution in [-0.2, 0) is 11.3 Å². The van der Waals surface area contributed by atoms with Crippen molar-refractivity contribution in [2.75, 3.05) is 20.2 Å². The lowest BCUT2D eigenvalue weighted by atomic mass is 10.1. The van der Waals surface area contributed by atoms with Gasteiger partial charge < -0.3 is 4.74 Å². The van der Waals surface area contributed by atoms with Crippen molar-refractivity contribution in [1.29, 1.82) is 0 Å². The van der Waals surface area contributed by atoms with E-state index in [1.807, 2.05) is 24.4 Å². The number of hydrogen-bond acceptors (Lipinski definition) is 3. The van der Waals surface area contributed by atoms with Gasteiger partial charge in [0.2, 0.25) is 0 Å². The molecule has 112 valence electrons. The van der Waals surface area contributed by atoms with Crippen LogP contribution < -0.4 is 0 Å². The van der Waals surface area contributed by atoms with Gasteiger partial charge in [-0.15, -0.1) is 0 Å². The van der Waals surface area contributed by atoms with E-state index < -0.39 is 0 Å². The van der Waals surface area contributed by atoms with Crippen molar-refractivity contribution < 1.29 is 4.74 Å². The molecule has 21 heavy (non-hydrogen) atoms. The molecule has 0 N–H and O–H groups in total. The Balaban J connectivity index is 1.75. The highest BCUT2D eigenvalue weighted by Gasteiger charge is 2.17. The van der Waals surface area contributed by atoms with E-state index in [4.69, 9.17) is 16.3 Å². The number of rotatable bonds is 4. The second-order valence-corrected chi connectivity index (χ2v) is 6.19. The van der Waals surface area contributed by atoms with Crippen LogP contribution in [0.2, 0.25) is 5.02 Å². The molecule has 1 aromatic carbocycles. The molecule has 0 bridgehead atoms. The van der Waals surface area contributed by atoms with Gasteiger partial charge in [0.25, 0.3) is 0 Å². The molecule has 2 heterocycles. The zero-order chi connectivity index (χ0) is 14.7. The van der Waals surface area contributed by atoms with Gasteiger partial charge in [-0.05, 0) is 38.4 Å². The maximum absolute atomic E-state index is 6.39. The molecule has 1 aliphatic heterocycles. The SMILES string of the molecule is CN(Cc1c(Cl)ccc2cccnc12)CC1CCCCO1. The summed E-state index contributed by atoms with van der Waals surface area (Å²) in [5.41, 5.74) is 2.11. The van der Waals surface area contributed by atoms with E-state index in [1.165, 1.54) is 12.8 Å². The van der Waals surface area contributed by atoms with Gasteiger partial charge in [-0.1, -0.05) is 23.7 Å². The molecule has 1 unspecified atom stereocenters. The normalized spacial score (nSPS) is 19.3. The standard InChI is InChI=1S/C17H21ClN2O/c1-20(11-14-6-2-3-10-21-14)12-15-16(18)8-7-13-5-4-9-19-17(13)15/h4-5,7-9,14H,2-3,6,10-12H2,1H3. The summed E-state index contributed by atoms with van der Waals surface area (Å²) in [5.74, 6) is 0. The van der Waals surface area contributed by atoms with Crippen molar-refractivity contribution in [2.45, 2.75) is 31.9 Å². The second kappa shape index (κ2) is 6.73. The van der Waals surface area contributed by atoms with E-state index in [1.54, 1.807) is 0 Å². The topological polar surface area (TPSA) is 25.4 Å². The maximum atomic E-state index is 6.39. The Kier molecular flexibility index (Phi) is 4.73. The average Bonchev–Trinajstić information content (AvgIpc) is 2.51. The van der Waals surface area contributed by atoms with Crippen molar-refractivity contribution in [3.63, 3.8) is 0 Å². The first kappa shape index (κ1) is 14.8. The molecule has 4 heteroatoms. The van der Waals surface area contributed by atoms with Gasteiger partial charge in [-0.2, -0.15) is 0 Å². The quantitative estimate of drug-likeness (QED) is 0.857. The van der Waals surface area contributed by atoms with Crippen LogP contribution in [0, 0.1) is 0 Å². The molecule has 0 aliphatic carbocycles. The molecule has 3 nitrogen and oxygen atoms in total. The summed E-state index contributed by atoms with van der Waals surface area (Å²) in [6.45, 7) is 2.64. The molecule has 0 radical (unpaired) electrons. The van der Waals surface area contributed by atoms with Crippen LogP contribution in [0.25, 0.3) is 10.9 Å². The molecule has 0 saturated carbocycles. The summed E-state index contributed by atoms with van der Waals surface area (Å²) in [4.78, 5) is 6.78. The zero-order valence-electron chi connectivity index (χ0n) is 12.4. The Bertz CT molecular complexity index is 611. The molecule has 2 aromatic rings. The van der Waals surface area contributed by atoms with Crippen molar-refractivity contribution >= 4 is 22.5 Å². The van der Waals surface area contributed by atoms with Gasteiger partial charge in [0.15, 0.2) is 0 Å². The maximum Gasteiger partial charge on any atom is 0.0761 e. The van der Waals surface area contributed by atoms with E-state index in [0.29, 0.717) is 6.10 Å². The van der Waals surface area contributed by atoms with E-state index in [2.05, 4.69) is 23.0 Å². The number of ether oxygens (including phenoxy) is 1. The summed E-state index contributed by atoms with van der Waals surface area (Å²) < 4.78 is 5.81. The number of pyridine rings is 1. The molecule has 0 amide bonds. The molecule has 1 aromatic heterocycles. The number of fused-ring (bicyclic) bond motifs is 1. The smallest absolute Gasteiger partial charge is 0.0761 e. The van der Waals surface area contributed by atoms with Crippen LogP contribution in [0.5, 0.6) is 0 Å². The molecular formula is C17H21ClN2O. The third-order valence-corrected chi connectivity index (χ3v) is 4.39. The predicted molar refractivity (Wildman–Crippen MR) is 86.7 cm³/mol. The highest BCUT2D eigenvalue weighted by molar-refractivity contribution is 6.32. The van der Waals surface area contributed by atoms with Crippen LogP contribution in [0.3, 0.4) is 0 Å². The highest BCUT2D eigenvalue weighted by Crippen LogP contribution is 2.26. The number of halogens is 1. The van der Waals surface area contributed by atoms with E-state index in [0.717, 1.165) is 47.6 Å². The third kappa shape index (κ3) is 3.54. The molecule has 0 spiro atoms. The summed E-state index contributed by atoms with van der Waals surface area (Å²) >= 11 is 6.39. The largest absolute Gasteiger partial charge is 0.377 e. The lowest BCUT2D eigenvalue weighted by Crippen LogP contribution is -2.33. The van der Waals surface area contributed by atoms with E-state index in [-0.39, 0.29) is 0 Å². The van der Waals surface area contributed by atoms with Crippen LogP contribution in [-0.4, -0.2) is 36.2 Å². The summed E-state index contributed by atoms with van der Waals surface area (Å²) in [5, 5.41) is 1.93. The number of nitrogens with zero attached hydrogens (tertiary/aromatic N) is 2. The van der Waals surface area contributed by atoms with Gasteiger partial charge in [-0.25, -0.2) is 0 Å². The Morgan fingerprint density at radius 2 is 2.24 bits per heavy atom. The van der Waals surface area contributed by atoms with Gasteiger partial charge in [0, 0.05) is 41.9 Å². The highest BCUT2D eigenvalue weighted by atomic mass is 35.5. The van der Waals surface area contributed by atoms with E-state index >= 15 is 0 Å². The van der Waals surface area contributed by atoms with Gasteiger partial charge in [0.05, 0.1) is 11.6 Å². The average molecular weight is 305 g/mol. The minimum atomic E-state index is 0.352. The fourth-order valence-electron chi connectivity index (χ4n) is 2.96. The Morgan fingerprint density at radius 1 is 1.33 bits per heavy atom. The van der Waals surface area contributed by atoms with Crippen LogP contribution in [0.15, 0.2) is 30.5 Å². The van der Waals surface area contributed by atoms with E-state index in [9.17, 15) is 0 Å². The summed E-state index contributed by atoms with van der Waals surface area (Å²) in [6, 6.07) is 8.02. The Morgan fingerprint density at radius 3 is 3.05 bits per heavy atom. The van der Waals surface area contributed by atoms with Crippen molar-refractivity contribution in [3.8, 4) is 0 Å². The molecule has 3 rings (SSSR count). The van der Waals surface area contributed by atoms with Crippen LogP contribution >= 0.6 is 11.6 Å². The van der Waals surface area contributed by atoms with Crippen LogP contribution in [0.1, 0.15) is 24.8 Å². The molecule has 1 fully saturated rings. The minimum Gasteiger partial charge on any atom is -0.377 e. The first-order valence-electron chi connectivity index (χ1n) is 7.56. The molecule has 1 atom stereocenters. The predicted octanol–water partition coefficient (Wildman–Crippen LogP) is 3.89.